The van der Waals surface area contributed by atoms with Gasteiger partial charge in [-0.2, -0.15) is 0 Å². The zero-order valence-electron chi connectivity index (χ0n) is 9.63. The number of hydrogen-bond acceptors (Lipinski definition) is 5. The summed E-state index contributed by atoms with van der Waals surface area (Å²) in [6.07, 6.45) is 1.26. The van der Waals surface area contributed by atoms with Crippen LogP contribution >= 0.6 is 12.2 Å². The number of sulfonamides is 2. The fourth-order valence-corrected chi connectivity index (χ4v) is 3.46. The Morgan fingerprint density at radius 1 is 1.24 bits per heavy atom. The summed E-state index contributed by atoms with van der Waals surface area (Å²) >= 11 is 4.65. The van der Waals surface area contributed by atoms with Crippen molar-refractivity contribution < 1.29 is 16.8 Å². The van der Waals surface area contributed by atoms with Crippen molar-refractivity contribution in [2.75, 3.05) is 19.3 Å². The molecule has 0 aliphatic rings. The highest BCUT2D eigenvalue weighted by molar-refractivity contribution is 7.93. The molecule has 102 valence electrons. The molecule has 0 heterocycles. The molecule has 1 atom stereocenters. The van der Waals surface area contributed by atoms with E-state index >= 15 is 0 Å². The molecule has 0 amide bonds. The molecule has 0 saturated carbocycles. The van der Waals surface area contributed by atoms with Crippen LogP contribution in [-0.4, -0.2) is 46.4 Å². The highest BCUT2D eigenvalue weighted by atomic mass is 32.2. The number of nitrogens with two attached hydrogens (primary N) is 1. The van der Waals surface area contributed by atoms with Crippen LogP contribution < -0.4 is 15.2 Å². The summed E-state index contributed by atoms with van der Waals surface area (Å²) in [5.41, 5.74) is 5.31. The summed E-state index contributed by atoms with van der Waals surface area (Å²) in [4.78, 5) is -0.101. The van der Waals surface area contributed by atoms with Crippen molar-refractivity contribution in [1.82, 2.24) is 9.44 Å². The third kappa shape index (κ3) is 6.88. The zero-order valence-corrected chi connectivity index (χ0v) is 12.1. The topological polar surface area (TPSA) is 118 Å². The maximum Gasteiger partial charge on any atom is 0.221 e. The first-order valence-electron chi connectivity index (χ1n) is 4.82. The maximum atomic E-state index is 11.7. The largest absolute Gasteiger partial charge is 0.392 e. The van der Waals surface area contributed by atoms with E-state index in [0.717, 1.165) is 6.26 Å². The van der Waals surface area contributed by atoms with Gasteiger partial charge in [-0.1, -0.05) is 19.1 Å². The molecule has 0 aromatic heterocycles. The molecule has 7 nitrogen and oxygen atoms in total. The van der Waals surface area contributed by atoms with Gasteiger partial charge in [0.25, 0.3) is 0 Å². The van der Waals surface area contributed by atoms with Crippen LogP contribution in [0, 0.1) is 0 Å². The van der Waals surface area contributed by atoms with Gasteiger partial charge < -0.3 is 5.73 Å². The summed E-state index contributed by atoms with van der Waals surface area (Å²) in [5, 5.41) is -0.935. The van der Waals surface area contributed by atoms with E-state index in [9.17, 15) is 16.8 Å². The van der Waals surface area contributed by atoms with Crippen LogP contribution in [0.25, 0.3) is 0 Å². The Labute approximate surface area is 107 Å². The maximum absolute atomic E-state index is 11.7. The molecule has 10 heteroatoms. The van der Waals surface area contributed by atoms with Gasteiger partial charge in [0.1, 0.15) is 5.25 Å². The van der Waals surface area contributed by atoms with Gasteiger partial charge in [0.2, 0.25) is 20.0 Å². The SMILES string of the molecule is CCC(C(N)=S)S(=O)(=O)NCCNS(C)(=O)=O. The number of thiocarbonyl (C=S) groups is 1. The van der Waals surface area contributed by atoms with Crippen molar-refractivity contribution in [3.05, 3.63) is 0 Å². The lowest BCUT2D eigenvalue weighted by Gasteiger charge is -2.15. The van der Waals surface area contributed by atoms with Crippen molar-refractivity contribution in [2.45, 2.75) is 18.6 Å². The van der Waals surface area contributed by atoms with E-state index in [2.05, 4.69) is 21.7 Å². The second-order valence-corrected chi connectivity index (χ2v) is 7.66. The van der Waals surface area contributed by atoms with Crippen LogP contribution in [0.5, 0.6) is 0 Å². The Bertz CT molecular complexity index is 457. The van der Waals surface area contributed by atoms with Crippen LogP contribution in [0.1, 0.15) is 13.3 Å². The molecule has 1 unspecified atom stereocenters. The predicted molar refractivity (Wildman–Crippen MR) is 70.6 cm³/mol. The van der Waals surface area contributed by atoms with E-state index in [1.54, 1.807) is 6.92 Å². The number of nitrogens with one attached hydrogen (secondary N) is 2. The monoisotopic (exact) mass is 303 g/mol. The van der Waals surface area contributed by atoms with E-state index in [0.29, 0.717) is 0 Å². The second kappa shape index (κ2) is 6.59. The minimum Gasteiger partial charge on any atom is -0.392 e. The Balaban J connectivity index is 4.33. The Morgan fingerprint density at radius 3 is 2.06 bits per heavy atom. The summed E-state index contributed by atoms with van der Waals surface area (Å²) in [6, 6.07) is 0. The van der Waals surface area contributed by atoms with Crippen LogP contribution in [0.3, 0.4) is 0 Å². The van der Waals surface area contributed by atoms with Gasteiger partial charge in [-0.05, 0) is 6.42 Å². The average molecular weight is 303 g/mol. The lowest BCUT2D eigenvalue weighted by Crippen LogP contribution is -2.44. The molecule has 0 aliphatic heterocycles. The molecule has 0 aliphatic carbocycles. The molecule has 4 N–H and O–H groups in total. The molecular weight excluding hydrogens is 286 g/mol. The van der Waals surface area contributed by atoms with Crippen LogP contribution in [-0.2, 0) is 20.0 Å². The van der Waals surface area contributed by atoms with E-state index in [1.807, 2.05) is 0 Å². The molecule has 0 spiro atoms. The molecule has 0 fully saturated rings. The highest BCUT2D eigenvalue weighted by Gasteiger charge is 2.25. The first-order valence-corrected chi connectivity index (χ1v) is 8.67. The zero-order chi connectivity index (χ0) is 13.7. The summed E-state index contributed by atoms with van der Waals surface area (Å²) in [6.45, 7) is 1.58. The highest BCUT2D eigenvalue weighted by Crippen LogP contribution is 2.04. The summed E-state index contributed by atoms with van der Waals surface area (Å²) in [7, 11) is -6.96. The first-order chi connectivity index (χ1) is 7.60. The van der Waals surface area contributed by atoms with Crippen molar-refractivity contribution >= 4 is 37.3 Å². The minimum absolute atomic E-state index is 0.0220. The van der Waals surface area contributed by atoms with Gasteiger partial charge >= 0.3 is 0 Å². The van der Waals surface area contributed by atoms with Crippen molar-refractivity contribution in [3.63, 3.8) is 0 Å². The minimum atomic E-state index is -3.64. The van der Waals surface area contributed by atoms with Gasteiger partial charge in [-0.25, -0.2) is 26.3 Å². The van der Waals surface area contributed by atoms with E-state index in [-0.39, 0.29) is 24.5 Å². The summed E-state index contributed by atoms with van der Waals surface area (Å²) in [5.74, 6) is 0. The second-order valence-electron chi connectivity index (χ2n) is 3.41. The lowest BCUT2D eigenvalue weighted by molar-refractivity contribution is 0.568. The van der Waals surface area contributed by atoms with Crippen molar-refractivity contribution in [2.24, 2.45) is 5.73 Å². The molecule has 0 aromatic rings. The Hall–Kier alpha value is -0.290. The predicted octanol–water partition coefficient (Wildman–Crippen LogP) is -1.48. The number of hydrogen-bond donors (Lipinski definition) is 3. The van der Waals surface area contributed by atoms with Crippen LogP contribution in [0.15, 0.2) is 0 Å². The fourth-order valence-electron chi connectivity index (χ4n) is 1.10. The van der Waals surface area contributed by atoms with Gasteiger partial charge in [-0.15, -0.1) is 0 Å². The van der Waals surface area contributed by atoms with E-state index < -0.39 is 25.3 Å². The van der Waals surface area contributed by atoms with Gasteiger partial charge in [0.05, 0.1) is 11.2 Å². The third-order valence-corrected chi connectivity index (χ3v) is 4.96. The third-order valence-electron chi connectivity index (χ3n) is 1.86. The van der Waals surface area contributed by atoms with Gasteiger partial charge in [0.15, 0.2) is 0 Å². The smallest absolute Gasteiger partial charge is 0.221 e. The average Bonchev–Trinajstić information content (AvgIpc) is 2.11. The van der Waals surface area contributed by atoms with Crippen LogP contribution in [0.4, 0.5) is 0 Å². The molecule has 0 aromatic carbocycles. The number of rotatable bonds is 8. The van der Waals surface area contributed by atoms with Crippen molar-refractivity contribution in [3.8, 4) is 0 Å². The Kier molecular flexibility index (Phi) is 6.48. The lowest BCUT2D eigenvalue weighted by atomic mass is 10.3. The molecular formula is C7H17N3O4S3. The standard InChI is InChI=1S/C7H17N3O4S3/c1-3-6(7(8)15)17(13,14)10-5-4-9-16(2,11)12/h6,9-10H,3-5H2,1-2H3,(H2,8,15). The van der Waals surface area contributed by atoms with Gasteiger partial charge in [0, 0.05) is 13.1 Å². The normalized spacial score (nSPS) is 14.5. The quantitative estimate of drug-likeness (QED) is 0.372. The molecule has 0 bridgehead atoms. The summed E-state index contributed by atoms with van der Waals surface area (Å²) < 4.78 is 49.2. The first kappa shape index (κ1) is 16.7. The van der Waals surface area contributed by atoms with E-state index in [4.69, 9.17) is 5.73 Å². The molecule has 0 radical (unpaired) electrons. The molecule has 0 saturated heterocycles. The van der Waals surface area contributed by atoms with Gasteiger partial charge in [-0.3, -0.25) is 0 Å². The Morgan fingerprint density at radius 2 is 1.71 bits per heavy atom. The van der Waals surface area contributed by atoms with E-state index in [1.165, 1.54) is 0 Å². The molecule has 0 rings (SSSR count). The molecule has 17 heavy (non-hydrogen) atoms. The van der Waals surface area contributed by atoms with Crippen LogP contribution in [0.2, 0.25) is 0 Å². The van der Waals surface area contributed by atoms with Crippen molar-refractivity contribution in [1.29, 1.82) is 0 Å². The fraction of sp³-hybridized carbons (Fsp3) is 0.857.